The molecule has 3 rings (SSSR count). The molecule has 1 N–H and O–H groups in total. The van der Waals surface area contributed by atoms with E-state index < -0.39 is 0 Å². The highest BCUT2D eigenvalue weighted by atomic mass is 127. The van der Waals surface area contributed by atoms with Crippen LogP contribution in [0.15, 0.2) is 65.8 Å². The first-order valence-corrected chi connectivity index (χ1v) is 8.98. The van der Waals surface area contributed by atoms with Gasteiger partial charge in [0.2, 0.25) is 0 Å². The van der Waals surface area contributed by atoms with E-state index in [-0.39, 0.29) is 5.91 Å². The van der Waals surface area contributed by atoms with Gasteiger partial charge in [-0.3, -0.25) is 4.79 Å². The maximum Gasteiger partial charge on any atom is 0.271 e. The molecule has 5 heteroatoms. The zero-order chi connectivity index (χ0) is 17.8. The van der Waals surface area contributed by atoms with Crippen molar-refractivity contribution in [2.45, 2.75) is 13.8 Å². The Balaban J connectivity index is 1.82. The average molecular weight is 443 g/mol. The Hall–Kier alpha value is -2.41. The van der Waals surface area contributed by atoms with Crippen LogP contribution in [0.5, 0.6) is 0 Å². The lowest BCUT2D eigenvalue weighted by Crippen LogP contribution is -2.17. The van der Waals surface area contributed by atoms with E-state index in [1.165, 1.54) is 3.57 Å². The lowest BCUT2D eigenvalue weighted by Gasteiger charge is -2.11. The van der Waals surface area contributed by atoms with E-state index in [0.29, 0.717) is 5.56 Å². The van der Waals surface area contributed by atoms with Crippen molar-refractivity contribution >= 4 is 34.7 Å². The normalized spacial score (nSPS) is 11.0. The minimum Gasteiger partial charge on any atom is -0.317 e. The molecule has 0 aliphatic heterocycles. The molecule has 0 bridgehead atoms. The third-order valence-electron chi connectivity index (χ3n) is 3.97. The highest BCUT2D eigenvalue weighted by molar-refractivity contribution is 14.1. The second-order valence-electron chi connectivity index (χ2n) is 5.68. The highest BCUT2D eigenvalue weighted by Crippen LogP contribution is 2.23. The van der Waals surface area contributed by atoms with Gasteiger partial charge in [0, 0.05) is 26.1 Å². The Morgan fingerprint density at radius 1 is 1.08 bits per heavy atom. The van der Waals surface area contributed by atoms with Gasteiger partial charge in [-0.1, -0.05) is 30.3 Å². The van der Waals surface area contributed by atoms with Crippen molar-refractivity contribution in [3.63, 3.8) is 0 Å². The minimum atomic E-state index is -0.219. The summed E-state index contributed by atoms with van der Waals surface area (Å²) in [4.78, 5) is 12.0. The predicted molar refractivity (Wildman–Crippen MR) is 109 cm³/mol. The monoisotopic (exact) mass is 443 g/mol. The first-order chi connectivity index (χ1) is 12.1. The smallest absolute Gasteiger partial charge is 0.271 e. The largest absolute Gasteiger partial charge is 0.317 e. The topological polar surface area (TPSA) is 46.4 Å². The summed E-state index contributed by atoms with van der Waals surface area (Å²) in [7, 11) is 0. The van der Waals surface area contributed by atoms with Crippen LogP contribution in [0.3, 0.4) is 0 Å². The molecule has 0 unspecified atom stereocenters. The van der Waals surface area contributed by atoms with Gasteiger partial charge in [0.25, 0.3) is 5.91 Å². The van der Waals surface area contributed by atoms with Crippen LogP contribution in [0.2, 0.25) is 0 Å². The standard InChI is InChI=1S/C20H18IN3O/c1-14-12-17(13-22-23-20(25)16-8-4-3-5-9-16)15(2)24(14)19-11-7-6-10-18(19)21/h3-13H,1-2H3,(H,23,25)/b22-13-. The van der Waals surface area contributed by atoms with Crippen LogP contribution < -0.4 is 5.43 Å². The summed E-state index contributed by atoms with van der Waals surface area (Å²) >= 11 is 2.34. The van der Waals surface area contributed by atoms with Gasteiger partial charge in [-0.05, 0) is 66.8 Å². The Bertz CT molecular complexity index is 929. The molecule has 126 valence electrons. The number of hydrazone groups is 1. The number of nitrogens with one attached hydrogen (secondary N) is 1. The number of carbonyl (C=O) groups excluding carboxylic acids is 1. The van der Waals surface area contributed by atoms with Crippen molar-refractivity contribution in [1.29, 1.82) is 0 Å². The molecular weight excluding hydrogens is 425 g/mol. The first-order valence-electron chi connectivity index (χ1n) is 7.90. The Morgan fingerprint density at radius 2 is 1.76 bits per heavy atom. The number of hydrogen-bond donors (Lipinski definition) is 1. The van der Waals surface area contributed by atoms with Crippen LogP contribution in [-0.4, -0.2) is 16.7 Å². The molecule has 1 aromatic heterocycles. The molecule has 0 saturated carbocycles. The Kier molecular flexibility index (Phi) is 5.33. The molecule has 4 nitrogen and oxygen atoms in total. The zero-order valence-electron chi connectivity index (χ0n) is 14.0. The first kappa shape index (κ1) is 17.4. The molecule has 0 aliphatic carbocycles. The van der Waals surface area contributed by atoms with Crippen molar-refractivity contribution in [2.24, 2.45) is 5.10 Å². The van der Waals surface area contributed by atoms with Crippen LogP contribution >= 0.6 is 22.6 Å². The second kappa shape index (κ2) is 7.65. The van der Waals surface area contributed by atoms with Crippen molar-refractivity contribution in [3.8, 4) is 5.69 Å². The molecule has 25 heavy (non-hydrogen) atoms. The molecule has 0 saturated heterocycles. The average Bonchev–Trinajstić information content (AvgIpc) is 2.90. The number of rotatable bonds is 4. The number of amides is 1. The van der Waals surface area contributed by atoms with E-state index >= 15 is 0 Å². The molecule has 1 heterocycles. The molecule has 0 fully saturated rings. The van der Waals surface area contributed by atoms with Gasteiger partial charge < -0.3 is 4.57 Å². The molecule has 0 aliphatic rings. The van der Waals surface area contributed by atoms with Gasteiger partial charge in [0.15, 0.2) is 0 Å². The van der Waals surface area contributed by atoms with Crippen LogP contribution in [0.1, 0.15) is 27.3 Å². The minimum absolute atomic E-state index is 0.219. The van der Waals surface area contributed by atoms with Gasteiger partial charge in [-0.25, -0.2) is 5.43 Å². The number of hydrogen-bond acceptors (Lipinski definition) is 2. The van der Waals surface area contributed by atoms with Gasteiger partial charge in [-0.15, -0.1) is 0 Å². The fraction of sp³-hybridized carbons (Fsp3) is 0.100. The van der Waals surface area contributed by atoms with Gasteiger partial charge >= 0.3 is 0 Å². The molecule has 0 atom stereocenters. The summed E-state index contributed by atoms with van der Waals surface area (Å²) in [5, 5.41) is 4.11. The molecule has 1 amide bonds. The van der Waals surface area contributed by atoms with Crippen LogP contribution in [0.4, 0.5) is 0 Å². The van der Waals surface area contributed by atoms with E-state index in [4.69, 9.17) is 0 Å². The van der Waals surface area contributed by atoms with Gasteiger partial charge in [-0.2, -0.15) is 5.10 Å². The van der Waals surface area contributed by atoms with Crippen molar-refractivity contribution < 1.29 is 4.79 Å². The summed E-state index contributed by atoms with van der Waals surface area (Å²) in [6.45, 7) is 4.12. The van der Waals surface area contributed by atoms with E-state index in [1.54, 1.807) is 18.3 Å². The lowest BCUT2D eigenvalue weighted by atomic mass is 10.2. The quantitative estimate of drug-likeness (QED) is 0.361. The number of nitrogens with zero attached hydrogens (tertiary/aromatic N) is 2. The molecule has 3 aromatic rings. The Labute approximate surface area is 160 Å². The molecular formula is C20H18IN3O. The van der Waals surface area contributed by atoms with Gasteiger partial charge in [0.1, 0.15) is 0 Å². The summed E-state index contributed by atoms with van der Waals surface area (Å²) in [5.74, 6) is -0.219. The SMILES string of the molecule is Cc1cc(/C=N\NC(=O)c2ccccc2)c(C)n1-c1ccccc1I. The molecule has 0 radical (unpaired) electrons. The number of carbonyl (C=O) groups is 1. The van der Waals surface area contributed by atoms with E-state index in [1.807, 2.05) is 30.3 Å². The van der Waals surface area contributed by atoms with Gasteiger partial charge in [0.05, 0.1) is 11.9 Å². The van der Waals surface area contributed by atoms with Crippen molar-refractivity contribution in [3.05, 3.63) is 86.7 Å². The number of aromatic nitrogens is 1. The molecule has 0 spiro atoms. The van der Waals surface area contributed by atoms with E-state index in [0.717, 1.165) is 22.6 Å². The van der Waals surface area contributed by atoms with E-state index in [2.05, 4.69) is 69.7 Å². The number of benzene rings is 2. The summed E-state index contributed by atoms with van der Waals surface area (Å²) in [6.07, 6.45) is 1.69. The Morgan fingerprint density at radius 3 is 2.48 bits per heavy atom. The van der Waals surface area contributed by atoms with Crippen LogP contribution in [0.25, 0.3) is 5.69 Å². The number of halogens is 1. The fourth-order valence-electron chi connectivity index (χ4n) is 2.74. The summed E-state index contributed by atoms with van der Waals surface area (Å²) in [6, 6.07) is 19.4. The molecule has 2 aromatic carbocycles. The van der Waals surface area contributed by atoms with Crippen molar-refractivity contribution in [2.75, 3.05) is 0 Å². The van der Waals surface area contributed by atoms with Crippen LogP contribution in [0, 0.1) is 17.4 Å². The maximum absolute atomic E-state index is 12.0. The third-order valence-corrected chi connectivity index (χ3v) is 4.88. The van der Waals surface area contributed by atoms with Crippen molar-refractivity contribution in [1.82, 2.24) is 9.99 Å². The lowest BCUT2D eigenvalue weighted by molar-refractivity contribution is 0.0955. The second-order valence-corrected chi connectivity index (χ2v) is 6.84. The van der Waals surface area contributed by atoms with Crippen LogP contribution in [-0.2, 0) is 0 Å². The maximum atomic E-state index is 12.0. The third kappa shape index (κ3) is 3.82. The predicted octanol–water partition coefficient (Wildman–Crippen LogP) is 4.46. The number of para-hydroxylation sites is 1. The summed E-state index contributed by atoms with van der Waals surface area (Å²) < 4.78 is 3.38. The number of aryl methyl sites for hydroxylation is 1. The zero-order valence-corrected chi connectivity index (χ0v) is 16.2. The fourth-order valence-corrected chi connectivity index (χ4v) is 3.37. The summed E-state index contributed by atoms with van der Waals surface area (Å²) in [5.41, 5.74) is 7.49. The van der Waals surface area contributed by atoms with E-state index in [9.17, 15) is 4.79 Å². The highest BCUT2D eigenvalue weighted by Gasteiger charge is 2.11.